The molecule has 0 aliphatic heterocycles. The minimum atomic E-state index is 0.508. The van der Waals surface area contributed by atoms with Crippen LogP contribution in [0.15, 0.2) is 0 Å². The maximum absolute atomic E-state index is 2.66. The number of hydrogen-bond donors (Lipinski definition) is 0. The highest BCUT2D eigenvalue weighted by Gasteiger charge is 2.25. The van der Waals surface area contributed by atoms with Crippen LogP contribution in [0.2, 0.25) is 0 Å². The lowest BCUT2D eigenvalue weighted by molar-refractivity contribution is 0.109. The Labute approximate surface area is 104 Å². The molecule has 1 heteroatoms. The third-order valence-corrected chi connectivity index (χ3v) is 3.62. The highest BCUT2D eigenvalue weighted by Crippen LogP contribution is 2.29. The van der Waals surface area contributed by atoms with E-state index >= 15 is 0 Å². The van der Waals surface area contributed by atoms with E-state index in [9.17, 15) is 0 Å². The van der Waals surface area contributed by atoms with E-state index in [2.05, 4.69) is 53.4 Å². The van der Waals surface area contributed by atoms with Gasteiger partial charge < -0.3 is 4.90 Å². The molecule has 0 aromatic rings. The first-order valence-corrected chi connectivity index (χ1v) is 7.08. The molecule has 1 nitrogen and oxygen atoms in total. The molecule has 0 aliphatic rings. The van der Waals surface area contributed by atoms with Crippen molar-refractivity contribution in [2.45, 2.75) is 73.8 Å². The Morgan fingerprint density at radius 1 is 1.06 bits per heavy atom. The first-order chi connectivity index (χ1) is 7.34. The van der Waals surface area contributed by atoms with Gasteiger partial charge >= 0.3 is 0 Å². The van der Waals surface area contributed by atoms with Crippen molar-refractivity contribution >= 4 is 0 Å². The van der Waals surface area contributed by atoms with Crippen molar-refractivity contribution in [1.82, 2.24) is 4.90 Å². The molecule has 0 rings (SSSR count). The molecule has 98 valence electrons. The van der Waals surface area contributed by atoms with Gasteiger partial charge in [0.05, 0.1) is 0 Å². The highest BCUT2D eigenvalue weighted by molar-refractivity contribution is 4.79. The maximum Gasteiger partial charge on any atom is 0.00389 e. The fourth-order valence-corrected chi connectivity index (χ4v) is 2.39. The predicted octanol–water partition coefficient (Wildman–Crippen LogP) is 4.57. The molecule has 0 amide bonds. The third kappa shape index (κ3) is 5.89. The summed E-state index contributed by atoms with van der Waals surface area (Å²) in [7, 11) is 0. The molecule has 0 heterocycles. The summed E-state index contributed by atoms with van der Waals surface area (Å²) in [4.78, 5) is 2.66. The molecule has 1 unspecified atom stereocenters. The fraction of sp³-hybridized carbons (Fsp3) is 1.00. The van der Waals surface area contributed by atoms with Crippen LogP contribution in [-0.4, -0.2) is 24.0 Å². The van der Waals surface area contributed by atoms with E-state index in [0.29, 0.717) is 11.5 Å². The van der Waals surface area contributed by atoms with Gasteiger partial charge in [-0.2, -0.15) is 0 Å². The number of nitrogens with zero attached hydrogens (tertiary/aromatic N) is 1. The summed E-state index contributed by atoms with van der Waals surface area (Å²) >= 11 is 0. The van der Waals surface area contributed by atoms with Gasteiger partial charge in [-0.3, -0.25) is 0 Å². The molecule has 1 atom stereocenters. The molecule has 0 aromatic carbocycles. The van der Waals surface area contributed by atoms with Crippen molar-refractivity contribution in [2.75, 3.05) is 13.1 Å². The van der Waals surface area contributed by atoms with Gasteiger partial charge in [-0.25, -0.2) is 0 Å². The van der Waals surface area contributed by atoms with Crippen molar-refractivity contribution in [3.05, 3.63) is 0 Å². The van der Waals surface area contributed by atoms with Gasteiger partial charge in [-0.1, -0.05) is 41.0 Å². The average Bonchev–Trinajstić information content (AvgIpc) is 2.16. The lowest BCUT2D eigenvalue weighted by atomic mass is 9.82. The standard InChI is InChI=1S/C15H33N/c1-8-10-15(7,9-2)12-16(14(5)6)11-13(3)4/h13-14H,8-12H2,1-7H3. The second-order valence-electron chi connectivity index (χ2n) is 6.33. The topological polar surface area (TPSA) is 3.24 Å². The molecule has 0 aliphatic carbocycles. The number of hydrogen-bond acceptors (Lipinski definition) is 1. The summed E-state index contributed by atoms with van der Waals surface area (Å²) < 4.78 is 0. The Morgan fingerprint density at radius 3 is 1.94 bits per heavy atom. The first-order valence-electron chi connectivity index (χ1n) is 7.08. The van der Waals surface area contributed by atoms with Crippen LogP contribution in [0.5, 0.6) is 0 Å². The van der Waals surface area contributed by atoms with E-state index in [1.807, 2.05) is 0 Å². The quantitative estimate of drug-likeness (QED) is 0.587. The van der Waals surface area contributed by atoms with Crippen molar-refractivity contribution in [2.24, 2.45) is 11.3 Å². The molecule has 0 bridgehead atoms. The van der Waals surface area contributed by atoms with E-state index in [1.54, 1.807) is 0 Å². The van der Waals surface area contributed by atoms with Crippen LogP contribution in [0.3, 0.4) is 0 Å². The van der Waals surface area contributed by atoms with E-state index in [0.717, 1.165) is 5.92 Å². The summed E-state index contributed by atoms with van der Waals surface area (Å²) in [6.07, 6.45) is 3.95. The molecular weight excluding hydrogens is 194 g/mol. The lowest BCUT2D eigenvalue weighted by Crippen LogP contribution is -2.41. The third-order valence-electron chi connectivity index (χ3n) is 3.62. The van der Waals surface area contributed by atoms with E-state index in [4.69, 9.17) is 0 Å². The minimum Gasteiger partial charge on any atom is -0.300 e. The Kier molecular flexibility index (Phi) is 7.30. The van der Waals surface area contributed by atoms with Crippen molar-refractivity contribution < 1.29 is 0 Å². The summed E-state index contributed by atoms with van der Waals surface area (Å²) in [5.41, 5.74) is 0.508. The van der Waals surface area contributed by atoms with Gasteiger partial charge in [-0.15, -0.1) is 0 Å². The van der Waals surface area contributed by atoms with E-state index in [-0.39, 0.29) is 0 Å². The molecule has 0 saturated heterocycles. The Morgan fingerprint density at radius 2 is 1.62 bits per heavy atom. The molecule has 0 fully saturated rings. The minimum absolute atomic E-state index is 0.508. The Bertz CT molecular complexity index is 174. The van der Waals surface area contributed by atoms with Crippen LogP contribution in [-0.2, 0) is 0 Å². The summed E-state index contributed by atoms with van der Waals surface area (Å²) in [6.45, 7) is 18.9. The monoisotopic (exact) mass is 227 g/mol. The second kappa shape index (κ2) is 7.32. The molecular formula is C15H33N. The van der Waals surface area contributed by atoms with Crippen LogP contribution in [0.4, 0.5) is 0 Å². The smallest absolute Gasteiger partial charge is 0.00389 e. The second-order valence-corrected chi connectivity index (χ2v) is 6.33. The Hall–Kier alpha value is -0.0400. The van der Waals surface area contributed by atoms with Crippen LogP contribution < -0.4 is 0 Å². The molecule has 16 heavy (non-hydrogen) atoms. The van der Waals surface area contributed by atoms with Crippen molar-refractivity contribution in [1.29, 1.82) is 0 Å². The first kappa shape index (κ1) is 16.0. The number of rotatable bonds is 8. The van der Waals surface area contributed by atoms with Crippen LogP contribution in [0.25, 0.3) is 0 Å². The summed E-state index contributed by atoms with van der Waals surface area (Å²) in [5.74, 6) is 0.769. The Balaban J connectivity index is 4.45. The van der Waals surface area contributed by atoms with Gasteiger partial charge in [0.25, 0.3) is 0 Å². The molecule has 0 radical (unpaired) electrons. The van der Waals surface area contributed by atoms with Gasteiger partial charge in [0.2, 0.25) is 0 Å². The SMILES string of the molecule is CCCC(C)(CC)CN(CC(C)C)C(C)C. The molecule has 0 spiro atoms. The lowest BCUT2D eigenvalue weighted by Gasteiger charge is -2.38. The van der Waals surface area contributed by atoms with Crippen LogP contribution in [0, 0.1) is 11.3 Å². The zero-order chi connectivity index (χ0) is 12.8. The highest BCUT2D eigenvalue weighted by atomic mass is 15.2. The van der Waals surface area contributed by atoms with Gasteiger partial charge in [0.15, 0.2) is 0 Å². The zero-order valence-corrected chi connectivity index (χ0v) is 12.6. The van der Waals surface area contributed by atoms with Crippen molar-refractivity contribution in [3.63, 3.8) is 0 Å². The van der Waals surface area contributed by atoms with Gasteiger partial charge in [-0.05, 0) is 38.0 Å². The van der Waals surface area contributed by atoms with Crippen molar-refractivity contribution in [3.8, 4) is 0 Å². The fourth-order valence-electron chi connectivity index (χ4n) is 2.39. The summed E-state index contributed by atoms with van der Waals surface area (Å²) in [5, 5.41) is 0. The normalized spacial score (nSPS) is 16.1. The molecule has 0 aromatic heterocycles. The summed E-state index contributed by atoms with van der Waals surface area (Å²) in [6, 6.07) is 0.671. The van der Waals surface area contributed by atoms with E-state index in [1.165, 1.54) is 32.4 Å². The maximum atomic E-state index is 2.66. The van der Waals surface area contributed by atoms with Crippen LogP contribution >= 0.6 is 0 Å². The van der Waals surface area contributed by atoms with Gasteiger partial charge in [0.1, 0.15) is 0 Å². The largest absolute Gasteiger partial charge is 0.300 e. The van der Waals surface area contributed by atoms with Crippen LogP contribution in [0.1, 0.15) is 67.7 Å². The van der Waals surface area contributed by atoms with Gasteiger partial charge in [0, 0.05) is 19.1 Å². The predicted molar refractivity (Wildman–Crippen MR) is 74.9 cm³/mol. The molecule has 0 N–H and O–H groups in total. The molecule has 0 saturated carbocycles. The zero-order valence-electron chi connectivity index (χ0n) is 12.6. The van der Waals surface area contributed by atoms with E-state index < -0.39 is 0 Å². The average molecular weight is 227 g/mol.